The highest BCUT2D eigenvalue weighted by atomic mass is 35.5. The molecule has 0 spiro atoms. The number of nitrogens with one attached hydrogen (secondary N) is 1. The van der Waals surface area contributed by atoms with Crippen LogP contribution in [0, 0.1) is 11.6 Å². The topological polar surface area (TPSA) is 37.8 Å². The van der Waals surface area contributed by atoms with E-state index in [2.05, 4.69) is 15.5 Å². The zero-order valence-electron chi connectivity index (χ0n) is 8.22. The molecule has 0 amide bonds. The van der Waals surface area contributed by atoms with Crippen molar-refractivity contribution < 1.29 is 8.78 Å². The zero-order valence-corrected chi connectivity index (χ0v) is 9.73. The molecular weight excluding hydrogens is 271 g/mol. The fourth-order valence-corrected chi connectivity index (χ4v) is 1.47. The number of benzene rings is 1. The second kappa shape index (κ2) is 4.81. The summed E-state index contributed by atoms with van der Waals surface area (Å²) in [6.07, 6.45) is 0. The molecule has 0 saturated heterocycles. The molecule has 88 valence electrons. The predicted octanol–water partition coefficient (Wildman–Crippen LogP) is 3.81. The first-order valence-corrected chi connectivity index (χ1v) is 5.23. The summed E-state index contributed by atoms with van der Waals surface area (Å²) in [6, 6.07) is 5.11. The molecule has 3 nitrogen and oxygen atoms in total. The fraction of sp³-hybridized carbons (Fsp3) is 0. The minimum Gasteiger partial charge on any atom is -0.350 e. The van der Waals surface area contributed by atoms with Gasteiger partial charge in [-0.15, -0.1) is 10.2 Å². The van der Waals surface area contributed by atoms with Crippen LogP contribution in [0.2, 0.25) is 10.3 Å². The van der Waals surface area contributed by atoms with Gasteiger partial charge in [0.15, 0.2) is 21.9 Å². The van der Waals surface area contributed by atoms with E-state index in [0.717, 1.165) is 6.07 Å². The van der Waals surface area contributed by atoms with Crippen LogP contribution in [0.25, 0.3) is 0 Å². The van der Waals surface area contributed by atoms with Crippen molar-refractivity contribution in [2.45, 2.75) is 0 Å². The van der Waals surface area contributed by atoms with Gasteiger partial charge in [-0.1, -0.05) is 29.3 Å². The maximum atomic E-state index is 13.4. The number of hydrogen-bond acceptors (Lipinski definition) is 3. The molecule has 2 aromatic rings. The van der Waals surface area contributed by atoms with E-state index >= 15 is 0 Å². The maximum absolute atomic E-state index is 13.4. The molecule has 1 aromatic heterocycles. The first-order chi connectivity index (χ1) is 8.08. The van der Waals surface area contributed by atoms with Gasteiger partial charge in [0.05, 0.1) is 11.4 Å². The van der Waals surface area contributed by atoms with Gasteiger partial charge in [0.25, 0.3) is 0 Å². The number of halogens is 4. The molecule has 0 atom stereocenters. The number of rotatable bonds is 2. The third-order valence-corrected chi connectivity index (χ3v) is 2.40. The summed E-state index contributed by atoms with van der Waals surface area (Å²) < 4.78 is 26.3. The average Bonchev–Trinajstić information content (AvgIpc) is 2.30. The molecule has 0 aliphatic carbocycles. The summed E-state index contributed by atoms with van der Waals surface area (Å²) in [5, 5.41) is 9.72. The lowest BCUT2D eigenvalue weighted by Gasteiger charge is -2.08. The van der Waals surface area contributed by atoms with Crippen molar-refractivity contribution in [1.29, 1.82) is 0 Å². The van der Waals surface area contributed by atoms with Gasteiger partial charge in [-0.2, -0.15) is 0 Å². The lowest BCUT2D eigenvalue weighted by molar-refractivity contribution is 0.512. The summed E-state index contributed by atoms with van der Waals surface area (Å²) in [7, 11) is 0. The molecule has 0 bridgehead atoms. The van der Waals surface area contributed by atoms with Gasteiger partial charge in [0.1, 0.15) is 0 Å². The number of aromatic nitrogens is 2. The third kappa shape index (κ3) is 2.62. The first kappa shape index (κ1) is 12.0. The van der Waals surface area contributed by atoms with Gasteiger partial charge in [-0.25, -0.2) is 8.78 Å². The molecule has 17 heavy (non-hydrogen) atoms. The molecule has 2 rings (SSSR count). The zero-order chi connectivity index (χ0) is 12.4. The molecule has 0 aliphatic rings. The Hall–Kier alpha value is -1.46. The summed E-state index contributed by atoms with van der Waals surface area (Å²) in [5.41, 5.74) is 0.187. The second-order valence-corrected chi connectivity index (χ2v) is 3.84. The number of nitrogens with zero attached hydrogens (tertiary/aromatic N) is 2. The van der Waals surface area contributed by atoms with Crippen molar-refractivity contribution in [2.75, 3.05) is 5.32 Å². The molecule has 7 heteroatoms. The van der Waals surface area contributed by atoms with Crippen molar-refractivity contribution in [3.63, 3.8) is 0 Å². The van der Waals surface area contributed by atoms with E-state index in [1.807, 2.05) is 0 Å². The summed E-state index contributed by atoms with van der Waals surface area (Å²) in [6.45, 7) is 0. The van der Waals surface area contributed by atoms with Crippen molar-refractivity contribution in [1.82, 2.24) is 10.2 Å². The molecule has 0 unspecified atom stereocenters. The largest absolute Gasteiger partial charge is 0.350 e. The van der Waals surface area contributed by atoms with E-state index in [4.69, 9.17) is 23.2 Å². The van der Waals surface area contributed by atoms with Crippen molar-refractivity contribution >= 4 is 34.6 Å². The molecule has 0 aliphatic heterocycles. The second-order valence-electron chi connectivity index (χ2n) is 3.10. The molecule has 0 saturated carbocycles. The highest BCUT2D eigenvalue weighted by molar-refractivity contribution is 6.33. The molecule has 0 radical (unpaired) electrons. The standard InChI is InChI=1S/C10H5Cl2F2N3/c11-8-4-7(10(12)17-16-8)15-6-3-1-2-5(13)9(6)14/h1-4H,(H,15,16). The Morgan fingerprint density at radius 3 is 2.59 bits per heavy atom. The van der Waals surface area contributed by atoms with Crippen molar-refractivity contribution in [2.24, 2.45) is 0 Å². The Kier molecular flexibility index (Phi) is 3.40. The van der Waals surface area contributed by atoms with Crippen molar-refractivity contribution in [3.8, 4) is 0 Å². The van der Waals surface area contributed by atoms with E-state index in [-0.39, 0.29) is 21.7 Å². The molecule has 1 aromatic carbocycles. The Morgan fingerprint density at radius 2 is 1.82 bits per heavy atom. The summed E-state index contributed by atoms with van der Waals surface area (Å²) >= 11 is 11.3. The Morgan fingerprint density at radius 1 is 1.06 bits per heavy atom. The maximum Gasteiger partial charge on any atom is 0.182 e. The first-order valence-electron chi connectivity index (χ1n) is 4.47. The number of hydrogen-bond donors (Lipinski definition) is 1. The van der Waals surface area contributed by atoms with Gasteiger partial charge >= 0.3 is 0 Å². The van der Waals surface area contributed by atoms with Crippen LogP contribution in [0.3, 0.4) is 0 Å². The third-order valence-electron chi connectivity index (χ3n) is 1.94. The Labute approximate surface area is 105 Å². The monoisotopic (exact) mass is 275 g/mol. The molecule has 1 heterocycles. The van der Waals surface area contributed by atoms with Crippen LogP contribution in [0.4, 0.5) is 20.2 Å². The average molecular weight is 276 g/mol. The van der Waals surface area contributed by atoms with Crippen molar-refractivity contribution in [3.05, 3.63) is 46.2 Å². The van der Waals surface area contributed by atoms with Crippen LogP contribution >= 0.6 is 23.2 Å². The van der Waals surface area contributed by atoms with Gasteiger partial charge < -0.3 is 5.32 Å². The smallest absolute Gasteiger partial charge is 0.182 e. The predicted molar refractivity (Wildman–Crippen MR) is 61.7 cm³/mol. The lowest BCUT2D eigenvalue weighted by atomic mass is 10.3. The highest BCUT2D eigenvalue weighted by Crippen LogP contribution is 2.27. The quantitative estimate of drug-likeness (QED) is 0.906. The minimum atomic E-state index is -1.00. The van der Waals surface area contributed by atoms with Crippen LogP contribution < -0.4 is 5.32 Å². The van der Waals surface area contributed by atoms with Crippen LogP contribution in [0.15, 0.2) is 24.3 Å². The van der Waals surface area contributed by atoms with Gasteiger partial charge in [-0.05, 0) is 12.1 Å². The van der Waals surface area contributed by atoms with E-state index < -0.39 is 11.6 Å². The van der Waals surface area contributed by atoms with Gasteiger partial charge in [0, 0.05) is 6.07 Å². The van der Waals surface area contributed by atoms with E-state index in [1.54, 1.807) is 0 Å². The van der Waals surface area contributed by atoms with E-state index in [1.165, 1.54) is 18.2 Å². The molecular formula is C10H5Cl2F2N3. The minimum absolute atomic E-state index is 0.0121. The SMILES string of the molecule is Fc1cccc(Nc2cc(Cl)nnc2Cl)c1F. The van der Waals surface area contributed by atoms with Gasteiger partial charge in [-0.3, -0.25) is 0 Å². The van der Waals surface area contributed by atoms with E-state index in [9.17, 15) is 8.78 Å². The van der Waals surface area contributed by atoms with Crippen LogP contribution in [0.5, 0.6) is 0 Å². The fourth-order valence-electron chi connectivity index (χ4n) is 1.19. The van der Waals surface area contributed by atoms with Crippen LogP contribution in [0.1, 0.15) is 0 Å². The van der Waals surface area contributed by atoms with Crippen LogP contribution in [-0.4, -0.2) is 10.2 Å². The normalized spacial score (nSPS) is 10.4. The Balaban J connectivity index is 2.38. The Bertz CT molecular complexity index is 563. The summed E-state index contributed by atoms with van der Waals surface area (Å²) in [5.74, 6) is -1.96. The summed E-state index contributed by atoms with van der Waals surface area (Å²) in [4.78, 5) is 0. The molecule has 0 fully saturated rings. The number of anilines is 2. The van der Waals surface area contributed by atoms with Gasteiger partial charge in [0.2, 0.25) is 0 Å². The highest BCUT2D eigenvalue weighted by Gasteiger charge is 2.10. The lowest BCUT2D eigenvalue weighted by Crippen LogP contribution is -1.98. The molecule has 1 N–H and O–H groups in total. The van der Waals surface area contributed by atoms with Crippen LogP contribution in [-0.2, 0) is 0 Å². The van der Waals surface area contributed by atoms with E-state index in [0.29, 0.717) is 0 Å².